The molecule has 0 saturated carbocycles. The van der Waals surface area contributed by atoms with Crippen LogP contribution in [0.1, 0.15) is 38.8 Å². The van der Waals surface area contributed by atoms with Crippen molar-refractivity contribution in [2.45, 2.75) is 68.7 Å². The van der Waals surface area contributed by atoms with E-state index in [-0.39, 0.29) is 36.1 Å². The largest absolute Gasteiger partial charge is 0.479 e. The summed E-state index contributed by atoms with van der Waals surface area (Å²) in [6.45, 7) is 1.42. The molecule has 17 nitrogen and oxygen atoms in total. The van der Waals surface area contributed by atoms with Crippen LogP contribution in [-0.2, 0) is 32.9 Å². The maximum atomic E-state index is 14.9. The van der Waals surface area contributed by atoms with Gasteiger partial charge in [0.15, 0.2) is 17.4 Å². The third-order valence-corrected chi connectivity index (χ3v) is 10.8. The lowest BCUT2D eigenvalue weighted by Crippen LogP contribution is -2.46. The van der Waals surface area contributed by atoms with Crippen molar-refractivity contribution in [3.8, 4) is 5.88 Å². The second-order valence-electron chi connectivity index (χ2n) is 10.6. The van der Waals surface area contributed by atoms with Crippen LogP contribution in [0.25, 0.3) is 11.2 Å². The molecule has 5 rings (SSSR count). The highest BCUT2D eigenvalue weighted by Crippen LogP contribution is 2.60. The third-order valence-electron chi connectivity index (χ3n) is 8.06. The zero-order valence-corrected chi connectivity index (χ0v) is 24.7. The first-order chi connectivity index (χ1) is 20.0. The molecule has 18 heteroatoms. The number of nitrogens with two attached hydrogens (primary N) is 1. The van der Waals surface area contributed by atoms with Crippen molar-refractivity contribution in [2.75, 3.05) is 46.8 Å². The fraction of sp³-hybridized carbons (Fsp3) is 0.708. The van der Waals surface area contributed by atoms with Crippen LogP contribution in [-0.4, -0.2) is 122 Å². The normalized spacial score (nSPS) is 31.8. The Labute approximate surface area is 241 Å². The van der Waals surface area contributed by atoms with E-state index in [0.717, 1.165) is 0 Å². The predicted molar refractivity (Wildman–Crippen MR) is 144 cm³/mol. The summed E-state index contributed by atoms with van der Waals surface area (Å²) >= 11 is 0. The zero-order chi connectivity index (χ0) is 30.4. The van der Waals surface area contributed by atoms with Crippen LogP contribution in [0.5, 0.6) is 5.88 Å². The van der Waals surface area contributed by atoms with Crippen molar-refractivity contribution in [1.29, 1.82) is 0 Å². The van der Waals surface area contributed by atoms with Crippen molar-refractivity contribution in [3.63, 3.8) is 0 Å². The van der Waals surface area contributed by atoms with Gasteiger partial charge in [-0.3, -0.25) is 18.7 Å². The first kappa shape index (κ1) is 30.5. The van der Waals surface area contributed by atoms with Crippen molar-refractivity contribution in [1.82, 2.24) is 28.9 Å². The number of hydrogen-bond donors (Lipinski definition) is 3. The van der Waals surface area contributed by atoms with Gasteiger partial charge in [0.25, 0.3) is 0 Å². The number of aliphatic hydroxyl groups excluding tert-OH is 1. The molecule has 3 aliphatic heterocycles. The summed E-state index contributed by atoms with van der Waals surface area (Å²) in [6.07, 6.45) is -0.700. The van der Waals surface area contributed by atoms with E-state index in [1.54, 1.807) is 0 Å². The molecule has 3 saturated heterocycles. The van der Waals surface area contributed by atoms with E-state index in [2.05, 4.69) is 15.0 Å². The quantitative estimate of drug-likeness (QED) is 0.247. The first-order valence-electron chi connectivity index (χ1n) is 13.5. The van der Waals surface area contributed by atoms with Gasteiger partial charge in [-0.2, -0.15) is 9.97 Å². The van der Waals surface area contributed by atoms with Crippen LogP contribution < -0.4 is 10.5 Å². The third kappa shape index (κ3) is 5.02. The number of nitrogens with zero attached hydrogens (tertiary/aromatic N) is 6. The zero-order valence-electron chi connectivity index (χ0n) is 23.8. The highest BCUT2D eigenvalue weighted by Gasteiger charge is 2.57. The number of fused-ring (bicyclic) bond motifs is 1. The number of anilines is 1. The highest BCUT2D eigenvalue weighted by molar-refractivity contribution is 7.54. The predicted octanol–water partition coefficient (Wildman–Crippen LogP) is -0.174. The standard InChI is InChI=1S/C24H36N7O10P/c1-24(35)17(32)15(41-22(24)29-12-26-16-18(29)27-23(25)28-19(16)37-2)11-40-42(36,30-9-5-7-13(30)20(33)38-3)31-10-6-8-14(31)21(34)39-4/h12-15,17,22,32,35H,5-11H2,1-4H3,(H2,25,27,28)/t13?,14?,15-,17?,22-,24+,42?/m1/s1. The molecule has 5 heterocycles. The molecule has 3 fully saturated rings. The number of ether oxygens (including phenoxy) is 4. The topological polar surface area (TPSA) is 214 Å². The Morgan fingerprint density at radius 2 is 1.71 bits per heavy atom. The van der Waals surface area contributed by atoms with E-state index in [4.69, 9.17) is 29.2 Å². The molecule has 0 bridgehead atoms. The van der Waals surface area contributed by atoms with E-state index in [9.17, 15) is 24.4 Å². The van der Waals surface area contributed by atoms with Crippen LogP contribution >= 0.6 is 7.67 Å². The van der Waals surface area contributed by atoms with E-state index < -0.39 is 62.3 Å². The second-order valence-corrected chi connectivity index (χ2v) is 12.9. The van der Waals surface area contributed by atoms with Gasteiger partial charge < -0.3 is 39.4 Å². The Hall–Kier alpha value is -2.92. The molecule has 0 amide bonds. The molecule has 6 atom stereocenters. The van der Waals surface area contributed by atoms with Crippen LogP contribution in [0.3, 0.4) is 0 Å². The lowest BCUT2D eigenvalue weighted by molar-refractivity contribution is -0.145. The lowest BCUT2D eigenvalue weighted by atomic mass is 9.96. The number of aliphatic hydroxyl groups is 2. The number of imidazole rings is 1. The summed E-state index contributed by atoms with van der Waals surface area (Å²) in [7, 11) is -0.208. The van der Waals surface area contributed by atoms with Crippen LogP contribution in [0, 0.1) is 0 Å². The van der Waals surface area contributed by atoms with Gasteiger partial charge in [0, 0.05) is 13.1 Å². The number of rotatable bonds is 9. The number of hydrogen-bond acceptors (Lipinski definition) is 14. The van der Waals surface area contributed by atoms with Gasteiger partial charge in [0.05, 0.1) is 34.3 Å². The molecule has 2 aromatic heterocycles. The summed E-state index contributed by atoms with van der Waals surface area (Å²) in [4.78, 5) is 37.7. The van der Waals surface area contributed by atoms with Gasteiger partial charge in [-0.05, 0) is 32.6 Å². The highest BCUT2D eigenvalue weighted by atomic mass is 31.2. The number of aromatic nitrogens is 4. The molecule has 0 aliphatic carbocycles. The molecule has 4 N–H and O–H groups in total. The molecule has 232 valence electrons. The van der Waals surface area contributed by atoms with E-state index in [0.29, 0.717) is 25.7 Å². The average molecular weight is 614 g/mol. The van der Waals surface area contributed by atoms with Crippen molar-refractivity contribution >= 4 is 36.7 Å². The number of esters is 2. The van der Waals surface area contributed by atoms with Crippen LogP contribution in [0.4, 0.5) is 5.95 Å². The maximum Gasteiger partial charge on any atom is 0.347 e. The van der Waals surface area contributed by atoms with Crippen LogP contribution in [0.15, 0.2) is 6.33 Å². The average Bonchev–Trinajstić information content (AvgIpc) is 3.78. The van der Waals surface area contributed by atoms with Crippen molar-refractivity contribution in [3.05, 3.63) is 6.33 Å². The summed E-state index contributed by atoms with van der Waals surface area (Å²) in [5.41, 5.74) is 4.40. The molecule has 42 heavy (non-hydrogen) atoms. The summed E-state index contributed by atoms with van der Waals surface area (Å²) in [5.74, 6) is -1.13. The van der Waals surface area contributed by atoms with Gasteiger partial charge in [-0.1, -0.05) is 0 Å². The Balaban J connectivity index is 1.45. The Morgan fingerprint density at radius 3 is 2.26 bits per heavy atom. The monoisotopic (exact) mass is 613 g/mol. The summed E-state index contributed by atoms with van der Waals surface area (Å²) in [6, 6.07) is -1.72. The molecule has 3 unspecified atom stereocenters. The molecule has 0 aromatic carbocycles. The van der Waals surface area contributed by atoms with Crippen LogP contribution in [0.2, 0.25) is 0 Å². The van der Waals surface area contributed by atoms with Gasteiger partial charge in [0.1, 0.15) is 29.9 Å². The van der Waals surface area contributed by atoms with Crippen molar-refractivity contribution in [2.24, 2.45) is 0 Å². The number of methoxy groups -OCH3 is 3. The van der Waals surface area contributed by atoms with Gasteiger partial charge in [-0.15, -0.1) is 0 Å². The number of carbonyl (C=O) groups excluding carboxylic acids is 2. The first-order valence-corrected chi connectivity index (χ1v) is 15.0. The van der Waals surface area contributed by atoms with E-state index in [1.807, 2.05) is 0 Å². The maximum absolute atomic E-state index is 14.9. The SMILES string of the molecule is COC(=O)C1CCCN1P(=O)(OC[C@H]1O[C@@H](n2cnc3c(OC)nc(N)nc32)[C@@](C)(O)C1O)N1CCCC1C(=O)OC. The minimum atomic E-state index is -4.10. The molecule has 0 spiro atoms. The van der Waals surface area contributed by atoms with E-state index in [1.165, 1.54) is 48.5 Å². The fourth-order valence-corrected chi connectivity index (χ4v) is 8.77. The fourth-order valence-electron chi connectivity index (χ4n) is 5.92. The minimum Gasteiger partial charge on any atom is -0.479 e. The Bertz CT molecular complexity index is 1350. The Kier molecular flexibility index (Phi) is 8.46. The molecule has 0 radical (unpaired) electrons. The minimum absolute atomic E-state index is 0.100. The lowest BCUT2D eigenvalue weighted by Gasteiger charge is -2.38. The number of carbonyl (C=O) groups is 2. The molecule has 3 aliphatic rings. The second kappa shape index (κ2) is 11.6. The number of nitrogen functional groups attached to an aromatic ring is 1. The smallest absolute Gasteiger partial charge is 0.347 e. The van der Waals surface area contributed by atoms with Gasteiger partial charge >= 0.3 is 19.6 Å². The Morgan fingerprint density at radius 1 is 1.12 bits per heavy atom. The van der Waals surface area contributed by atoms with Crippen molar-refractivity contribution < 1.29 is 47.8 Å². The van der Waals surface area contributed by atoms with E-state index >= 15 is 0 Å². The van der Waals surface area contributed by atoms with Gasteiger partial charge in [-0.25, -0.2) is 14.3 Å². The van der Waals surface area contributed by atoms with Gasteiger partial charge in [0.2, 0.25) is 11.8 Å². The molecule has 2 aromatic rings. The summed E-state index contributed by atoms with van der Waals surface area (Å²) < 4.78 is 46.4. The molecular weight excluding hydrogens is 577 g/mol. The molecular formula is C24H36N7O10P. The summed E-state index contributed by atoms with van der Waals surface area (Å²) in [5, 5.41) is 22.5.